The Hall–Kier alpha value is -1.69. The second-order valence-electron chi connectivity index (χ2n) is 5.50. The lowest BCUT2D eigenvalue weighted by molar-refractivity contribution is -0.120. The highest BCUT2D eigenvalue weighted by atomic mass is 35.5. The van der Waals surface area contributed by atoms with Crippen LogP contribution in [0.2, 0.25) is 5.02 Å². The van der Waals surface area contributed by atoms with Gasteiger partial charge in [-0.3, -0.25) is 4.79 Å². The molecule has 0 aliphatic rings. The first kappa shape index (κ1) is 19.6. The molecule has 2 rings (SSSR count). The number of hydrogen-bond acceptors (Lipinski definition) is 4. The standard InChI is InChI=1S/C19H23ClN2O2S/c1-14(17-5-3-4-6-18(17)24-2)22-13-19(23)21-11-12-25-16-9-7-15(20)8-10-16/h3-10,14,22H,11-13H2,1-2H3,(H,21,23)/t14-/m1/s1. The maximum absolute atomic E-state index is 12.0. The van der Waals surface area contributed by atoms with Crippen molar-refractivity contribution in [1.29, 1.82) is 0 Å². The summed E-state index contributed by atoms with van der Waals surface area (Å²) in [6, 6.07) is 15.5. The molecule has 134 valence electrons. The molecule has 0 bridgehead atoms. The fourth-order valence-electron chi connectivity index (χ4n) is 2.33. The number of ether oxygens (including phenoxy) is 1. The van der Waals surface area contributed by atoms with Crippen LogP contribution in [0.5, 0.6) is 5.75 Å². The van der Waals surface area contributed by atoms with Crippen molar-refractivity contribution in [3.63, 3.8) is 0 Å². The molecule has 0 saturated carbocycles. The first-order valence-electron chi connectivity index (χ1n) is 8.11. The number of rotatable bonds is 9. The van der Waals surface area contributed by atoms with Gasteiger partial charge in [0.25, 0.3) is 0 Å². The first-order chi connectivity index (χ1) is 12.1. The third-order valence-corrected chi connectivity index (χ3v) is 4.95. The highest BCUT2D eigenvalue weighted by Crippen LogP contribution is 2.24. The molecule has 2 aromatic rings. The maximum atomic E-state index is 12.0. The highest BCUT2D eigenvalue weighted by molar-refractivity contribution is 7.99. The lowest BCUT2D eigenvalue weighted by atomic mass is 10.1. The second-order valence-corrected chi connectivity index (χ2v) is 7.10. The molecular weight excluding hydrogens is 356 g/mol. The Kier molecular flexibility index (Phi) is 8.12. The number of halogens is 1. The van der Waals surface area contributed by atoms with Crippen molar-refractivity contribution in [3.8, 4) is 5.75 Å². The minimum atomic E-state index is -0.0153. The number of para-hydroxylation sites is 1. The number of hydrogen-bond donors (Lipinski definition) is 2. The fraction of sp³-hybridized carbons (Fsp3) is 0.316. The van der Waals surface area contributed by atoms with Gasteiger partial charge in [-0.15, -0.1) is 11.8 Å². The van der Waals surface area contributed by atoms with Crippen LogP contribution in [0.15, 0.2) is 53.4 Å². The van der Waals surface area contributed by atoms with Gasteiger partial charge in [-0.25, -0.2) is 0 Å². The van der Waals surface area contributed by atoms with Crippen LogP contribution in [0.4, 0.5) is 0 Å². The third-order valence-electron chi connectivity index (χ3n) is 3.68. The summed E-state index contributed by atoms with van der Waals surface area (Å²) in [4.78, 5) is 13.1. The van der Waals surface area contributed by atoms with E-state index in [4.69, 9.17) is 16.3 Å². The topological polar surface area (TPSA) is 50.4 Å². The maximum Gasteiger partial charge on any atom is 0.234 e. The summed E-state index contributed by atoms with van der Waals surface area (Å²) in [5.74, 6) is 1.62. The SMILES string of the molecule is COc1ccccc1[C@@H](C)NCC(=O)NCCSc1ccc(Cl)cc1. The normalized spacial score (nSPS) is 11.8. The molecule has 0 saturated heterocycles. The van der Waals surface area contributed by atoms with Gasteiger partial charge in [0.2, 0.25) is 5.91 Å². The van der Waals surface area contributed by atoms with Crippen LogP contribution in [0, 0.1) is 0 Å². The molecule has 0 aromatic heterocycles. The smallest absolute Gasteiger partial charge is 0.234 e. The van der Waals surface area contributed by atoms with Crippen LogP contribution >= 0.6 is 23.4 Å². The zero-order valence-corrected chi connectivity index (χ0v) is 16.0. The highest BCUT2D eigenvalue weighted by Gasteiger charge is 2.11. The molecule has 0 heterocycles. The van der Waals surface area contributed by atoms with Crippen molar-refractivity contribution in [2.24, 2.45) is 0 Å². The van der Waals surface area contributed by atoms with E-state index >= 15 is 0 Å². The average Bonchev–Trinajstić information content (AvgIpc) is 2.64. The Morgan fingerprint density at radius 2 is 1.92 bits per heavy atom. The van der Waals surface area contributed by atoms with E-state index in [9.17, 15) is 4.79 Å². The van der Waals surface area contributed by atoms with E-state index in [2.05, 4.69) is 10.6 Å². The van der Waals surface area contributed by atoms with Gasteiger partial charge in [0.1, 0.15) is 5.75 Å². The van der Waals surface area contributed by atoms with Gasteiger partial charge >= 0.3 is 0 Å². The molecule has 1 atom stereocenters. The number of nitrogens with one attached hydrogen (secondary N) is 2. The van der Waals surface area contributed by atoms with Crippen molar-refractivity contribution in [2.75, 3.05) is 26.0 Å². The molecule has 2 aromatic carbocycles. The minimum Gasteiger partial charge on any atom is -0.496 e. The zero-order valence-electron chi connectivity index (χ0n) is 14.4. The van der Waals surface area contributed by atoms with Gasteiger partial charge in [0, 0.05) is 33.8 Å². The molecule has 0 fully saturated rings. The molecule has 1 amide bonds. The van der Waals surface area contributed by atoms with Gasteiger partial charge in [-0.05, 0) is 37.3 Å². The Balaban J connectivity index is 1.67. The summed E-state index contributed by atoms with van der Waals surface area (Å²) in [6.07, 6.45) is 0. The van der Waals surface area contributed by atoms with Gasteiger partial charge < -0.3 is 15.4 Å². The van der Waals surface area contributed by atoms with Gasteiger partial charge in [-0.1, -0.05) is 29.8 Å². The molecule has 0 radical (unpaired) electrons. The van der Waals surface area contributed by atoms with Crippen LogP contribution in [0.1, 0.15) is 18.5 Å². The number of carbonyl (C=O) groups excluding carboxylic acids is 1. The zero-order chi connectivity index (χ0) is 18.1. The predicted molar refractivity (Wildman–Crippen MR) is 105 cm³/mol. The summed E-state index contributed by atoms with van der Waals surface area (Å²) in [5.41, 5.74) is 1.04. The Morgan fingerprint density at radius 1 is 1.20 bits per heavy atom. The van der Waals surface area contributed by atoms with E-state index in [0.29, 0.717) is 6.54 Å². The van der Waals surface area contributed by atoms with Crippen molar-refractivity contribution in [2.45, 2.75) is 17.9 Å². The van der Waals surface area contributed by atoms with Crippen molar-refractivity contribution >= 4 is 29.3 Å². The van der Waals surface area contributed by atoms with Gasteiger partial charge in [-0.2, -0.15) is 0 Å². The Morgan fingerprint density at radius 3 is 2.64 bits per heavy atom. The molecule has 25 heavy (non-hydrogen) atoms. The van der Waals surface area contributed by atoms with Crippen LogP contribution in [-0.4, -0.2) is 31.9 Å². The number of thioether (sulfide) groups is 1. The van der Waals surface area contributed by atoms with E-state index in [1.807, 2.05) is 55.5 Å². The number of benzene rings is 2. The van der Waals surface area contributed by atoms with Crippen molar-refractivity contribution in [3.05, 3.63) is 59.1 Å². The minimum absolute atomic E-state index is 0.0153. The molecule has 2 N–H and O–H groups in total. The Bertz CT molecular complexity index is 679. The largest absolute Gasteiger partial charge is 0.496 e. The summed E-state index contributed by atoms with van der Waals surface area (Å²) < 4.78 is 5.35. The van der Waals surface area contributed by atoms with E-state index in [1.54, 1.807) is 18.9 Å². The molecule has 4 nitrogen and oxygen atoms in total. The number of amides is 1. The van der Waals surface area contributed by atoms with Crippen LogP contribution in [0.3, 0.4) is 0 Å². The van der Waals surface area contributed by atoms with Crippen LogP contribution < -0.4 is 15.4 Å². The van der Waals surface area contributed by atoms with Gasteiger partial charge in [0.05, 0.1) is 13.7 Å². The average molecular weight is 379 g/mol. The number of carbonyl (C=O) groups is 1. The van der Waals surface area contributed by atoms with E-state index < -0.39 is 0 Å². The summed E-state index contributed by atoms with van der Waals surface area (Å²) in [7, 11) is 1.65. The fourth-order valence-corrected chi connectivity index (χ4v) is 3.23. The first-order valence-corrected chi connectivity index (χ1v) is 9.48. The predicted octanol–water partition coefficient (Wildman–Crippen LogP) is 3.91. The molecule has 0 aliphatic heterocycles. The van der Waals surface area contributed by atoms with Gasteiger partial charge in [0.15, 0.2) is 0 Å². The second kappa shape index (κ2) is 10.3. The van der Waals surface area contributed by atoms with Crippen molar-refractivity contribution < 1.29 is 9.53 Å². The lowest BCUT2D eigenvalue weighted by Crippen LogP contribution is -2.36. The molecule has 0 unspecified atom stereocenters. The Labute approximate surface area is 158 Å². The van der Waals surface area contributed by atoms with Crippen LogP contribution in [0.25, 0.3) is 0 Å². The summed E-state index contributed by atoms with van der Waals surface area (Å²) in [6.45, 7) is 2.91. The summed E-state index contributed by atoms with van der Waals surface area (Å²) in [5, 5.41) is 6.87. The van der Waals surface area contributed by atoms with Crippen LogP contribution in [-0.2, 0) is 4.79 Å². The monoisotopic (exact) mass is 378 g/mol. The van der Waals surface area contributed by atoms with E-state index in [1.165, 1.54) is 0 Å². The van der Waals surface area contributed by atoms with Crippen molar-refractivity contribution in [1.82, 2.24) is 10.6 Å². The molecule has 6 heteroatoms. The molecule has 0 aliphatic carbocycles. The molecular formula is C19H23ClN2O2S. The third kappa shape index (κ3) is 6.61. The molecule has 0 spiro atoms. The van der Waals surface area contributed by atoms with E-state index in [0.717, 1.165) is 27.0 Å². The summed E-state index contributed by atoms with van der Waals surface area (Å²) >= 11 is 7.54. The number of methoxy groups -OCH3 is 1. The quantitative estimate of drug-likeness (QED) is 0.513. The van der Waals surface area contributed by atoms with E-state index in [-0.39, 0.29) is 18.5 Å². The lowest BCUT2D eigenvalue weighted by Gasteiger charge is -2.17.